The molecular weight excluding hydrogens is 231 g/mol. The number of anilines is 1. The fourth-order valence-electron chi connectivity index (χ4n) is 1.18. The topological polar surface area (TPSA) is 55.1 Å². The van der Waals surface area contributed by atoms with Gasteiger partial charge in [-0.2, -0.15) is 0 Å². The van der Waals surface area contributed by atoms with Crippen molar-refractivity contribution in [1.29, 1.82) is 0 Å². The fourth-order valence-corrected chi connectivity index (χ4v) is 1.36. The molecule has 0 aliphatic heterocycles. The Morgan fingerprint density at radius 1 is 1.62 bits per heavy atom. The summed E-state index contributed by atoms with van der Waals surface area (Å²) in [7, 11) is 0. The molecule has 88 valence electrons. The number of hydrogen-bond donors (Lipinski definition) is 2. The number of nitrogens with two attached hydrogens (primary N) is 1. The minimum absolute atomic E-state index is 0.0161. The van der Waals surface area contributed by atoms with E-state index in [1.807, 2.05) is 6.92 Å². The largest absolute Gasteiger partial charge is 0.327 e. The maximum absolute atomic E-state index is 13.4. The van der Waals surface area contributed by atoms with E-state index < -0.39 is 5.82 Å². The molecule has 0 saturated heterocycles. The molecule has 0 saturated carbocycles. The van der Waals surface area contributed by atoms with Crippen LogP contribution in [0.4, 0.5) is 10.1 Å². The summed E-state index contributed by atoms with van der Waals surface area (Å²) in [5, 5.41) is 2.42. The zero-order valence-electron chi connectivity index (χ0n) is 8.97. The molecule has 1 amide bonds. The van der Waals surface area contributed by atoms with Crippen LogP contribution in [0, 0.1) is 5.82 Å². The molecule has 0 heterocycles. The van der Waals surface area contributed by atoms with Crippen LogP contribution in [0.5, 0.6) is 0 Å². The Bertz CT molecular complexity index is 384. The van der Waals surface area contributed by atoms with E-state index in [0.29, 0.717) is 6.42 Å². The highest BCUT2D eigenvalue weighted by molar-refractivity contribution is 6.31. The van der Waals surface area contributed by atoms with Crippen LogP contribution in [-0.2, 0) is 4.79 Å². The van der Waals surface area contributed by atoms with Crippen LogP contribution in [0.15, 0.2) is 18.2 Å². The van der Waals surface area contributed by atoms with Crippen molar-refractivity contribution in [3.05, 3.63) is 29.0 Å². The molecular formula is C11H14ClFN2O. The molecule has 0 radical (unpaired) electrons. The van der Waals surface area contributed by atoms with E-state index >= 15 is 0 Å². The van der Waals surface area contributed by atoms with Gasteiger partial charge >= 0.3 is 0 Å². The number of nitrogens with one attached hydrogen (secondary N) is 1. The van der Waals surface area contributed by atoms with Crippen molar-refractivity contribution in [2.24, 2.45) is 5.73 Å². The number of carbonyl (C=O) groups is 1. The third-order valence-electron chi connectivity index (χ3n) is 2.20. The van der Waals surface area contributed by atoms with Gasteiger partial charge in [0, 0.05) is 12.5 Å². The molecule has 1 rings (SSSR count). The van der Waals surface area contributed by atoms with E-state index in [4.69, 9.17) is 17.3 Å². The molecule has 16 heavy (non-hydrogen) atoms. The number of benzene rings is 1. The fraction of sp³-hybridized carbons (Fsp3) is 0.364. The SMILES string of the molecule is CCC(N)CC(=O)Nc1cccc(Cl)c1F. The van der Waals surface area contributed by atoms with Crippen molar-refractivity contribution in [3.63, 3.8) is 0 Å². The van der Waals surface area contributed by atoms with E-state index in [1.165, 1.54) is 12.1 Å². The highest BCUT2D eigenvalue weighted by Gasteiger charge is 2.11. The maximum atomic E-state index is 13.4. The Morgan fingerprint density at radius 2 is 2.31 bits per heavy atom. The zero-order chi connectivity index (χ0) is 12.1. The summed E-state index contributed by atoms with van der Waals surface area (Å²) in [5.41, 5.74) is 5.70. The average Bonchev–Trinajstić information content (AvgIpc) is 2.24. The smallest absolute Gasteiger partial charge is 0.226 e. The molecule has 1 atom stereocenters. The van der Waals surface area contributed by atoms with Crippen molar-refractivity contribution >= 4 is 23.2 Å². The molecule has 0 aromatic heterocycles. The average molecular weight is 245 g/mol. The van der Waals surface area contributed by atoms with Gasteiger partial charge in [-0.15, -0.1) is 0 Å². The molecule has 0 aliphatic rings. The Balaban J connectivity index is 2.66. The normalized spacial score (nSPS) is 12.2. The van der Waals surface area contributed by atoms with Crippen LogP contribution in [0.1, 0.15) is 19.8 Å². The number of carbonyl (C=O) groups excluding carboxylic acids is 1. The Morgan fingerprint density at radius 3 is 2.94 bits per heavy atom. The first-order chi connectivity index (χ1) is 7.54. The van der Waals surface area contributed by atoms with Gasteiger partial charge in [0.05, 0.1) is 10.7 Å². The summed E-state index contributed by atoms with van der Waals surface area (Å²) < 4.78 is 13.4. The van der Waals surface area contributed by atoms with Crippen LogP contribution >= 0.6 is 11.6 Å². The van der Waals surface area contributed by atoms with E-state index in [-0.39, 0.29) is 29.1 Å². The van der Waals surface area contributed by atoms with Crippen LogP contribution in [0.25, 0.3) is 0 Å². The van der Waals surface area contributed by atoms with Crippen molar-refractivity contribution in [1.82, 2.24) is 0 Å². The summed E-state index contributed by atoms with van der Waals surface area (Å²) in [6.45, 7) is 1.89. The number of amides is 1. The van der Waals surface area contributed by atoms with Crippen LogP contribution < -0.4 is 11.1 Å². The molecule has 3 N–H and O–H groups in total. The van der Waals surface area contributed by atoms with Gasteiger partial charge in [-0.25, -0.2) is 4.39 Å². The van der Waals surface area contributed by atoms with Crippen molar-refractivity contribution in [3.8, 4) is 0 Å². The van der Waals surface area contributed by atoms with Gasteiger partial charge in [0.2, 0.25) is 5.91 Å². The summed E-state index contributed by atoms with van der Waals surface area (Å²) in [6, 6.07) is 4.24. The van der Waals surface area contributed by atoms with Gasteiger partial charge in [0.15, 0.2) is 5.82 Å². The van der Waals surface area contributed by atoms with Crippen LogP contribution in [-0.4, -0.2) is 11.9 Å². The Hall–Kier alpha value is -1.13. The molecule has 0 aliphatic carbocycles. The van der Waals surface area contributed by atoms with Gasteiger partial charge < -0.3 is 11.1 Å². The van der Waals surface area contributed by atoms with E-state index in [2.05, 4.69) is 5.32 Å². The first-order valence-electron chi connectivity index (χ1n) is 5.04. The highest BCUT2D eigenvalue weighted by Crippen LogP contribution is 2.22. The second kappa shape index (κ2) is 5.82. The minimum Gasteiger partial charge on any atom is -0.327 e. The minimum atomic E-state index is -0.623. The van der Waals surface area contributed by atoms with E-state index in [0.717, 1.165) is 0 Å². The third-order valence-corrected chi connectivity index (χ3v) is 2.49. The molecule has 0 fully saturated rings. The predicted molar refractivity (Wildman–Crippen MR) is 62.9 cm³/mol. The molecule has 0 bridgehead atoms. The highest BCUT2D eigenvalue weighted by atomic mass is 35.5. The molecule has 3 nitrogen and oxygen atoms in total. The molecule has 1 unspecified atom stereocenters. The third kappa shape index (κ3) is 3.47. The lowest BCUT2D eigenvalue weighted by Gasteiger charge is -2.10. The van der Waals surface area contributed by atoms with Gasteiger partial charge in [-0.3, -0.25) is 4.79 Å². The van der Waals surface area contributed by atoms with Crippen LogP contribution in [0.2, 0.25) is 5.02 Å². The summed E-state index contributed by atoms with van der Waals surface area (Å²) >= 11 is 5.58. The molecule has 1 aromatic rings. The summed E-state index contributed by atoms with van der Waals surface area (Å²) in [4.78, 5) is 11.4. The van der Waals surface area contributed by atoms with E-state index in [1.54, 1.807) is 6.07 Å². The Labute approximate surface area is 98.8 Å². The molecule has 0 spiro atoms. The second-order valence-electron chi connectivity index (χ2n) is 3.52. The summed E-state index contributed by atoms with van der Waals surface area (Å²) in [5.74, 6) is -0.932. The maximum Gasteiger partial charge on any atom is 0.226 e. The lowest BCUT2D eigenvalue weighted by atomic mass is 10.1. The van der Waals surface area contributed by atoms with Crippen LogP contribution in [0.3, 0.4) is 0 Å². The molecule has 5 heteroatoms. The number of hydrogen-bond acceptors (Lipinski definition) is 2. The quantitative estimate of drug-likeness (QED) is 0.855. The Kier molecular flexibility index (Phi) is 4.71. The van der Waals surface area contributed by atoms with Crippen molar-refractivity contribution in [2.45, 2.75) is 25.8 Å². The number of halogens is 2. The van der Waals surface area contributed by atoms with Crippen molar-refractivity contribution < 1.29 is 9.18 Å². The molecule has 1 aromatic carbocycles. The first kappa shape index (κ1) is 12.9. The van der Waals surface area contributed by atoms with Gasteiger partial charge in [0.25, 0.3) is 0 Å². The van der Waals surface area contributed by atoms with Gasteiger partial charge in [-0.05, 0) is 18.6 Å². The van der Waals surface area contributed by atoms with Gasteiger partial charge in [-0.1, -0.05) is 24.6 Å². The number of rotatable bonds is 4. The summed E-state index contributed by atoms with van der Waals surface area (Å²) in [6.07, 6.45) is 0.869. The standard InChI is InChI=1S/C11H14ClFN2O/c1-2-7(14)6-10(16)15-9-5-3-4-8(12)11(9)13/h3-5,7H,2,6,14H2,1H3,(H,15,16). The zero-order valence-corrected chi connectivity index (χ0v) is 9.72. The van der Waals surface area contributed by atoms with Gasteiger partial charge in [0.1, 0.15) is 0 Å². The van der Waals surface area contributed by atoms with Crippen molar-refractivity contribution in [2.75, 3.05) is 5.32 Å². The first-order valence-corrected chi connectivity index (χ1v) is 5.41. The lowest BCUT2D eigenvalue weighted by molar-refractivity contribution is -0.116. The van der Waals surface area contributed by atoms with E-state index in [9.17, 15) is 9.18 Å². The predicted octanol–water partition coefficient (Wildman–Crippen LogP) is 2.54. The second-order valence-corrected chi connectivity index (χ2v) is 3.93. The lowest BCUT2D eigenvalue weighted by Crippen LogP contribution is -2.26. The monoisotopic (exact) mass is 244 g/mol.